The topological polar surface area (TPSA) is 38.7 Å². The number of aryl methyl sites for hydroxylation is 1. The minimum atomic E-state index is 0.655. The molecule has 0 bridgehead atoms. The van der Waals surface area contributed by atoms with E-state index in [1.54, 1.807) is 6.92 Å². The van der Waals surface area contributed by atoms with Gasteiger partial charge in [0.05, 0.1) is 6.20 Å². The van der Waals surface area contributed by atoms with E-state index in [1.165, 1.54) is 6.20 Å². The van der Waals surface area contributed by atoms with Crippen LogP contribution in [0.3, 0.4) is 0 Å². The fourth-order valence-corrected chi connectivity index (χ4v) is 0.283. The molecule has 0 aliphatic carbocycles. The molecule has 3 nitrogen and oxygen atoms in total. The zero-order chi connectivity index (χ0) is 5.11. The summed E-state index contributed by atoms with van der Waals surface area (Å²) in [4.78, 5) is 3.68. The van der Waals surface area contributed by atoms with Gasteiger partial charge in [-0.05, 0) is 6.92 Å². The fourth-order valence-electron chi connectivity index (χ4n) is 0.283. The van der Waals surface area contributed by atoms with Gasteiger partial charge in [-0.2, -0.15) is 5.10 Å². The van der Waals surface area contributed by atoms with Gasteiger partial charge in [0, 0.05) is 0 Å². The molecule has 0 aromatic carbocycles. The zero-order valence-electron chi connectivity index (χ0n) is 3.92. The first-order valence-electron chi connectivity index (χ1n) is 1.92. The van der Waals surface area contributed by atoms with Gasteiger partial charge in [0.15, 0.2) is 0 Å². The van der Waals surface area contributed by atoms with Crippen molar-refractivity contribution in [1.29, 1.82) is 0 Å². The Morgan fingerprint density at radius 1 is 1.71 bits per heavy atom. The van der Waals surface area contributed by atoms with Crippen LogP contribution in [0.4, 0.5) is 0 Å². The Labute approximate surface area is 41.4 Å². The monoisotopic (exact) mass is 94.0 g/mol. The molecule has 0 spiro atoms. The van der Waals surface area contributed by atoms with E-state index in [4.69, 9.17) is 0 Å². The van der Waals surface area contributed by atoms with E-state index in [0.717, 1.165) is 0 Å². The number of aromatic nitrogens is 3. The second-order valence-corrected chi connectivity index (χ2v) is 1.13. The summed E-state index contributed by atoms with van der Waals surface area (Å²) >= 11 is 0. The molecule has 0 N–H and O–H groups in total. The SMILES string of the molecule is Cc1n[c]cnn1. The molecule has 0 fully saturated rings. The summed E-state index contributed by atoms with van der Waals surface area (Å²) in [6.07, 6.45) is 3.96. The summed E-state index contributed by atoms with van der Waals surface area (Å²) in [6, 6.07) is 0. The molecule has 1 aromatic heterocycles. The number of rotatable bonds is 0. The van der Waals surface area contributed by atoms with Crippen molar-refractivity contribution in [3.8, 4) is 0 Å². The first-order valence-corrected chi connectivity index (χ1v) is 1.92. The highest BCUT2D eigenvalue weighted by atomic mass is 15.1. The lowest BCUT2D eigenvalue weighted by Gasteiger charge is -1.79. The van der Waals surface area contributed by atoms with Crippen molar-refractivity contribution in [3.63, 3.8) is 0 Å². The maximum absolute atomic E-state index is 3.68. The number of nitrogens with zero attached hydrogens (tertiary/aromatic N) is 3. The number of hydrogen-bond donors (Lipinski definition) is 0. The van der Waals surface area contributed by atoms with Crippen LogP contribution in [0.25, 0.3) is 0 Å². The van der Waals surface area contributed by atoms with E-state index < -0.39 is 0 Å². The molecule has 1 rings (SSSR count). The van der Waals surface area contributed by atoms with Crippen molar-refractivity contribution in [3.05, 3.63) is 18.2 Å². The Kier molecular flexibility index (Phi) is 0.978. The summed E-state index contributed by atoms with van der Waals surface area (Å²) in [7, 11) is 0. The van der Waals surface area contributed by atoms with E-state index in [1.807, 2.05) is 0 Å². The summed E-state index contributed by atoms with van der Waals surface area (Å²) in [5.41, 5.74) is 0. The molecule has 1 aromatic rings. The fraction of sp³-hybridized carbons (Fsp3) is 0.250. The van der Waals surface area contributed by atoms with Gasteiger partial charge < -0.3 is 0 Å². The van der Waals surface area contributed by atoms with Crippen LogP contribution in [0.1, 0.15) is 5.82 Å². The Balaban J connectivity index is 3.02. The normalized spacial score (nSPS) is 8.71. The van der Waals surface area contributed by atoms with Crippen molar-refractivity contribution in [1.82, 2.24) is 15.2 Å². The Morgan fingerprint density at radius 3 is 2.86 bits per heavy atom. The predicted octanol–water partition coefficient (Wildman–Crippen LogP) is -0.0198. The standard InChI is InChI=1S/C4H4N3/c1-4-5-2-3-6-7-4/h3H,1H3. The van der Waals surface area contributed by atoms with E-state index in [-0.39, 0.29) is 0 Å². The van der Waals surface area contributed by atoms with Gasteiger partial charge in [-0.1, -0.05) is 0 Å². The molecule has 35 valence electrons. The lowest BCUT2D eigenvalue weighted by Crippen LogP contribution is -1.86. The third-order valence-corrected chi connectivity index (χ3v) is 0.544. The quantitative estimate of drug-likeness (QED) is 0.453. The highest BCUT2D eigenvalue weighted by Crippen LogP contribution is 1.73. The van der Waals surface area contributed by atoms with Crippen molar-refractivity contribution >= 4 is 0 Å². The van der Waals surface area contributed by atoms with Gasteiger partial charge in [-0.3, -0.25) is 0 Å². The summed E-state index contributed by atoms with van der Waals surface area (Å²) in [5, 5.41) is 7.10. The predicted molar refractivity (Wildman–Crippen MR) is 23.4 cm³/mol. The molecule has 0 unspecified atom stereocenters. The molecule has 0 aliphatic heterocycles. The van der Waals surface area contributed by atoms with Crippen molar-refractivity contribution in [2.45, 2.75) is 6.92 Å². The van der Waals surface area contributed by atoms with Gasteiger partial charge in [0.25, 0.3) is 0 Å². The van der Waals surface area contributed by atoms with Gasteiger partial charge in [-0.15, -0.1) is 5.10 Å². The van der Waals surface area contributed by atoms with E-state index in [9.17, 15) is 0 Å². The Morgan fingerprint density at radius 2 is 2.57 bits per heavy atom. The summed E-state index contributed by atoms with van der Waals surface area (Å²) in [6.45, 7) is 1.77. The molecular formula is C4H4N3. The lowest BCUT2D eigenvalue weighted by atomic mass is 10.7. The van der Waals surface area contributed by atoms with Crippen molar-refractivity contribution < 1.29 is 0 Å². The molecule has 1 heterocycles. The van der Waals surface area contributed by atoms with Crippen LogP contribution in [-0.2, 0) is 0 Å². The highest BCUT2D eigenvalue weighted by molar-refractivity contribution is 4.72. The van der Waals surface area contributed by atoms with Crippen LogP contribution in [0.15, 0.2) is 6.20 Å². The second-order valence-electron chi connectivity index (χ2n) is 1.13. The molecular weight excluding hydrogens is 90.1 g/mol. The molecule has 1 radical (unpaired) electrons. The Hall–Kier alpha value is -0.990. The van der Waals surface area contributed by atoms with Gasteiger partial charge >= 0.3 is 0 Å². The van der Waals surface area contributed by atoms with Crippen LogP contribution < -0.4 is 0 Å². The highest BCUT2D eigenvalue weighted by Gasteiger charge is 1.77. The van der Waals surface area contributed by atoms with Crippen molar-refractivity contribution in [2.24, 2.45) is 0 Å². The molecule has 0 aliphatic rings. The van der Waals surface area contributed by atoms with Crippen LogP contribution in [-0.4, -0.2) is 15.2 Å². The van der Waals surface area contributed by atoms with Gasteiger partial charge in [0.2, 0.25) is 0 Å². The largest absolute Gasteiger partial charge is 0.228 e. The maximum atomic E-state index is 3.68. The van der Waals surface area contributed by atoms with Crippen LogP contribution in [0.2, 0.25) is 0 Å². The molecule has 0 atom stereocenters. The average molecular weight is 94.1 g/mol. The second kappa shape index (κ2) is 1.64. The minimum Gasteiger partial charge on any atom is -0.228 e. The Bertz CT molecular complexity index is 137. The van der Waals surface area contributed by atoms with E-state index >= 15 is 0 Å². The molecule has 0 saturated heterocycles. The average Bonchev–Trinajstić information content (AvgIpc) is 1.69. The third kappa shape index (κ3) is 0.924. The zero-order valence-corrected chi connectivity index (χ0v) is 3.92. The summed E-state index contributed by atoms with van der Waals surface area (Å²) < 4.78 is 0. The molecule has 0 amide bonds. The molecule has 0 saturated carbocycles. The number of hydrogen-bond acceptors (Lipinski definition) is 3. The molecule has 7 heavy (non-hydrogen) atoms. The first-order chi connectivity index (χ1) is 3.39. The van der Waals surface area contributed by atoms with Crippen LogP contribution in [0, 0.1) is 13.1 Å². The van der Waals surface area contributed by atoms with Gasteiger partial charge in [-0.25, -0.2) is 4.98 Å². The van der Waals surface area contributed by atoms with Gasteiger partial charge in [0.1, 0.15) is 12.0 Å². The lowest BCUT2D eigenvalue weighted by molar-refractivity contribution is 0.902. The van der Waals surface area contributed by atoms with Crippen LogP contribution >= 0.6 is 0 Å². The molecule has 3 heteroatoms. The smallest absolute Gasteiger partial charge is 0.148 e. The van der Waals surface area contributed by atoms with E-state index in [2.05, 4.69) is 21.4 Å². The maximum Gasteiger partial charge on any atom is 0.148 e. The summed E-state index contributed by atoms with van der Waals surface area (Å²) in [5.74, 6) is 0.655. The third-order valence-electron chi connectivity index (χ3n) is 0.544. The van der Waals surface area contributed by atoms with Crippen molar-refractivity contribution in [2.75, 3.05) is 0 Å². The van der Waals surface area contributed by atoms with Crippen LogP contribution in [0.5, 0.6) is 0 Å². The first kappa shape index (κ1) is 4.18. The van der Waals surface area contributed by atoms with E-state index in [0.29, 0.717) is 5.82 Å². The minimum absolute atomic E-state index is 0.655.